The zero-order valence-corrected chi connectivity index (χ0v) is 14.2. The van der Waals surface area contributed by atoms with Gasteiger partial charge in [0.1, 0.15) is 0 Å². The predicted octanol–water partition coefficient (Wildman–Crippen LogP) is 2.29. The minimum Gasteiger partial charge on any atom is -0.301 e. The number of carbonyl (C=O) groups is 1. The highest BCUT2D eigenvalue weighted by atomic mass is 32.2. The second-order valence-electron chi connectivity index (χ2n) is 5.20. The van der Waals surface area contributed by atoms with Gasteiger partial charge >= 0.3 is 0 Å². The average molecular weight is 359 g/mol. The zero-order valence-electron chi connectivity index (χ0n) is 12.6. The van der Waals surface area contributed by atoms with E-state index in [4.69, 9.17) is 5.41 Å². The van der Waals surface area contributed by atoms with Crippen LogP contribution in [0.25, 0.3) is 17.2 Å². The van der Waals surface area contributed by atoms with E-state index in [2.05, 4.69) is 10.3 Å². The molecule has 24 heavy (non-hydrogen) atoms. The Morgan fingerprint density at radius 2 is 1.88 bits per heavy atom. The summed E-state index contributed by atoms with van der Waals surface area (Å²) in [6.45, 7) is 0. The number of nitrogens with zero attached hydrogens (tertiary/aromatic N) is 1. The highest BCUT2D eigenvalue weighted by molar-refractivity contribution is 8.18. The normalized spacial score (nSPS) is 16.5. The maximum atomic E-state index is 11.7. The Kier molecular flexibility index (Phi) is 4.25. The van der Waals surface area contributed by atoms with Crippen molar-refractivity contribution in [3.05, 3.63) is 53.2 Å². The maximum Gasteiger partial charge on any atom is 0.264 e. The van der Waals surface area contributed by atoms with Crippen molar-refractivity contribution in [1.29, 1.82) is 5.41 Å². The summed E-state index contributed by atoms with van der Waals surface area (Å²) in [6, 6.07) is 8.40. The molecule has 0 atom stereocenters. The third-order valence-corrected chi connectivity index (χ3v) is 5.29. The van der Waals surface area contributed by atoms with E-state index in [1.165, 1.54) is 0 Å². The molecule has 2 N–H and O–H groups in total. The van der Waals surface area contributed by atoms with Crippen LogP contribution in [0.15, 0.2) is 52.5 Å². The Hall–Kier alpha value is -2.45. The number of amidine groups is 1. The zero-order chi connectivity index (χ0) is 17.3. The molecular weight excluding hydrogens is 346 g/mol. The Morgan fingerprint density at radius 3 is 2.46 bits per heavy atom. The fourth-order valence-electron chi connectivity index (χ4n) is 2.18. The Labute approximate surface area is 143 Å². The molecule has 2 aromatic rings. The molecular formula is C16H13N3O3S2. The lowest BCUT2D eigenvalue weighted by molar-refractivity contribution is -0.115. The lowest BCUT2D eigenvalue weighted by Crippen LogP contribution is -2.18. The highest BCUT2D eigenvalue weighted by Crippen LogP contribution is 2.27. The van der Waals surface area contributed by atoms with Crippen LogP contribution in [-0.4, -0.2) is 30.7 Å². The molecule has 1 saturated heterocycles. The van der Waals surface area contributed by atoms with Gasteiger partial charge in [-0.3, -0.25) is 15.2 Å². The second-order valence-corrected chi connectivity index (χ2v) is 8.27. The van der Waals surface area contributed by atoms with E-state index in [1.807, 2.05) is 6.07 Å². The number of nitrogens with one attached hydrogen (secondary N) is 2. The second kappa shape index (κ2) is 6.21. The van der Waals surface area contributed by atoms with Crippen molar-refractivity contribution in [3.63, 3.8) is 0 Å². The Balaban J connectivity index is 1.92. The quantitative estimate of drug-likeness (QED) is 0.819. The van der Waals surface area contributed by atoms with Gasteiger partial charge in [-0.25, -0.2) is 8.42 Å². The van der Waals surface area contributed by atoms with Crippen LogP contribution in [0, 0.1) is 5.41 Å². The number of aromatic nitrogens is 1. The number of sulfone groups is 1. The van der Waals surface area contributed by atoms with Gasteiger partial charge in [0, 0.05) is 24.2 Å². The molecule has 1 amide bonds. The van der Waals surface area contributed by atoms with Gasteiger partial charge in [0.05, 0.1) is 9.80 Å². The molecule has 8 heteroatoms. The van der Waals surface area contributed by atoms with Crippen LogP contribution in [0.4, 0.5) is 0 Å². The van der Waals surface area contributed by atoms with Crippen LogP contribution in [0.1, 0.15) is 5.56 Å². The number of carbonyl (C=O) groups excluding carboxylic acids is 1. The number of hydrogen-bond acceptors (Lipinski definition) is 6. The number of hydrogen-bond donors (Lipinski definition) is 2. The predicted molar refractivity (Wildman–Crippen MR) is 94.2 cm³/mol. The van der Waals surface area contributed by atoms with Gasteiger partial charge in [0.2, 0.25) is 0 Å². The molecule has 1 aromatic heterocycles. The highest BCUT2D eigenvalue weighted by Gasteiger charge is 2.22. The molecule has 122 valence electrons. The van der Waals surface area contributed by atoms with E-state index in [9.17, 15) is 13.2 Å². The van der Waals surface area contributed by atoms with Gasteiger partial charge < -0.3 is 5.32 Å². The Bertz CT molecular complexity index is 964. The van der Waals surface area contributed by atoms with Crippen LogP contribution in [0.3, 0.4) is 0 Å². The number of rotatable bonds is 3. The molecule has 0 spiro atoms. The van der Waals surface area contributed by atoms with Gasteiger partial charge in [0.25, 0.3) is 5.91 Å². The molecule has 0 bridgehead atoms. The minimum absolute atomic E-state index is 0.103. The smallest absolute Gasteiger partial charge is 0.264 e. The van der Waals surface area contributed by atoms with Crippen molar-refractivity contribution in [2.75, 3.05) is 6.26 Å². The van der Waals surface area contributed by atoms with E-state index >= 15 is 0 Å². The lowest BCUT2D eigenvalue weighted by Gasteiger charge is -2.04. The summed E-state index contributed by atoms with van der Waals surface area (Å²) in [6.07, 6.45) is 6.12. The lowest BCUT2D eigenvalue weighted by atomic mass is 10.1. The summed E-state index contributed by atoms with van der Waals surface area (Å²) in [4.78, 5) is 16.5. The van der Waals surface area contributed by atoms with Crippen molar-refractivity contribution in [3.8, 4) is 11.1 Å². The summed E-state index contributed by atoms with van der Waals surface area (Å²) in [7, 11) is -3.23. The first-order valence-electron chi connectivity index (χ1n) is 6.88. The number of benzene rings is 1. The summed E-state index contributed by atoms with van der Waals surface area (Å²) < 4.78 is 23.0. The Morgan fingerprint density at radius 1 is 1.17 bits per heavy atom. The van der Waals surface area contributed by atoms with E-state index in [0.717, 1.165) is 34.7 Å². The van der Waals surface area contributed by atoms with Gasteiger partial charge in [0.15, 0.2) is 15.0 Å². The summed E-state index contributed by atoms with van der Waals surface area (Å²) in [5.74, 6) is -0.298. The van der Waals surface area contributed by atoms with Gasteiger partial charge in [-0.05, 0) is 47.2 Å². The maximum absolute atomic E-state index is 11.7. The molecule has 2 heterocycles. The molecule has 1 aliphatic rings. The van der Waals surface area contributed by atoms with E-state index < -0.39 is 9.84 Å². The van der Waals surface area contributed by atoms with E-state index in [1.54, 1.807) is 42.7 Å². The van der Waals surface area contributed by atoms with Crippen LogP contribution in [0.2, 0.25) is 0 Å². The first-order chi connectivity index (χ1) is 11.3. The monoisotopic (exact) mass is 359 g/mol. The summed E-state index contributed by atoms with van der Waals surface area (Å²) in [5.41, 5.74) is 2.36. The summed E-state index contributed by atoms with van der Waals surface area (Å²) in [5, 5.41) is 9.97. The van der Waals surface area contributed by atoms with Crippen molar-refractivity contribution in [1.82, 2.24) is 10.3 Å². The van der Waals surface area contributed by atoms with Crippen molar-refractivity contribution < 1.29 is 13.2 Å². The largest absolute Gasteiger partial charge is 0.301 e. The van der Waals surface area contributed by atoms with Crippen LogP contribution >= 0.6 is 11.8 Å². The fourth-order valence-corrected chi connectivity index (χ4v) is 3.51. The molecule has 1 aromatic carbocycles. The van der Waals surface area contributed by atoms with Crippen LogP contribution in [-0.2, 0) is 14.6 Å². The van der Waals surface area contributed by atoms with E-state index in [-0.39, 0.29) is 16.0 Å². The van der Waals surface area contributed by atoms with Gasteiger partial charge in [-0.2, -0.15) is 0 Å². The first kappa shape index (κ1) is 16.4. The van der Waals surface area contributed by atoms with Gasteiger partial charge in [-0.1, -0.05) is 12.1 Å². The molecule has 1 aliphatic heterocycles. The molecule has 0 aliphatic carbocycles. The number of pyridine rings is 1. The third-order valence-electron chi connectivity index (χ3n) is 3.34. The molecule has 0 saturated carbocycles. The van der Waals surface area contributed by atoms with Crippen LogP contribution < -0.4 is 5.32 Å². The van der Waals surface area contributed by atoms with Gasteiger partial charge in [-0.15, -0.1) is 0 Å². The summed E-state index contributed by atoms with van der Waals surface area (Å²) >= 11 is 1.06. The standard InChI is InChI=1S/C16H13N3O3S2/c1-24(21,22)13-4-2-11(3-5-13)12-6-10(8-18-9-12)7-14-15(20)19-16(17)23-14/h2-9H,1H3,(H2,17,19,20)/b14-7-. The molecule has 0 unspecified atom stereocenters. The number of amides is 1. The van der Waals surface area contributed by atoms with Crippen molar-refractivity contribution >= 4 is 38.7 Å². The van der Waals surface area contributed by atoms with Crippen LogP contribution in [0.5, 0.6) is 0 Å². The third kappa shape index (κ3) is 3.55. The molecule has 6 nitrogen and oxygen atoms in total. The minimum atomic E-state index is -3.23. The molecule has 1 fully saturated rings. The average Bonchev–Trinajstić information content (AvgIpc) is 2.84. The topological polar surface area (TPSA) is 100.0 Å². The first-order valence-corrected chi connectivity index (χ1v) is 9.59. The van der Waals surface area contributed by atoms with Crippen molar-refractivity contribution in [2.45, 2.75) is 4.90 Å². The molecule has 3 rings (SSSR count). The number of thioether (sulfide) groups is 1. The SMILES string of the molecule is CS(=O)(=O)c1ccc(-c2cncc(/C=C3\SC(=N)NC3=O)c2)cc1. The van der Waals surface area contributed by atoms with E-state index in [0.29, 0.717) is 4.91 Å². The van der Waals surface area contributed by atoms with Crippen molar-refractivity contribution in [2.24, 2.45) is 0 Å². The molecule has 0 radical (unpaired) electrons. The fraction of sp³-hybridized carbons (Fsp3) is 0.0625.